The molecular weight excluding hydrogens is 531 g/mol. The Labute approximate surface area is 238 Å². The monoisotopic (exact) mass is 562 g/mol. The van der Waals surface area contributed by atoms with E-state index in [4.69, 9.17) is 16.0 Å². The Hall–Kier alpha value is -4.04. The van der Waals surface area contributed by atoms with E-state index in [1.165, 1.54) is 24.3 Å². The number of carbonyl (C=O) groups excluding carboxylic acids is 2. The summed E-state index contributed by atoms with van der Waals surface area (Å²) in [6, 6.07) is 20.8. The van der Waals surface area contributed by atoms with Gasteiger partial charge < -0.3 is 23.7 Å². The zero-order valence-electron chi connectivity index (χ0n) is 22.4. The second-order valence-corrected chi connectivity index (χ2v) is 10.3. The molecule has 208 valence electrons. The number of carbonyl (C=O) groups is 2. The van der Waals surface area contributed by atoms with Crippen molar-refractivity contribution in [3.05, 3.63) is 113 Å². The first-order valence-corrected chi connectivity index (χ1v) is 13.9. The highest BCUT2D eigenvalue weighted by molar-refractivity contribution is 6.33. The lowest BCUT2D eigenvalue weighted by Gasteiger charge is -2.36. The van der Waals surface area contributed by atoms with Gasteiger partial charge in [0.15, 0.2) is 5.76 Å². The molecule has 0 atom stereocenters. The normalized spacial score (nSPS) is 13.5. The number of para-hydroxylation sites is 1. The van der Waals surface area contributed by atoms with Crippen molar-refractivity contribution in [1.82, 2.24) is 14.4 Å². The van der Waals surface area contributed by atoms with E-state index in [0.29, 0.717) is 67.9 Å². The molecule has 1 fully saturated rings. The molecule has 2 aromatic carbocycles. The third-order valence-corrected chi connectivity index (χ3v) is 7.43. The Kier molecular flexibility index (Phi) is 8.55. The van der Waals surface area contributed by atoms with Crippen LogP contribution in [-0.2, 0) is 13.1 Å². The lowest BCUT2D eigenvalue weighted by Crippen LogP contribution is -2.48. The van der Waals surface area contributed by atoms with E-state index >= 15 is 0 Å². The summed E-state index contributed by atoms with van der Waals surface area (Å²) in [6.07, 6.45) is 2.73. The molecule has 0 aliphatic carbocycles. The van der Waals surface area contributed by atoms with Crippen LogP contribution in [0, 0.1) is 5.82 Å². The number of benzene rings is 2. The largest absolute Gasteiger partial charge is 0.454 e. The molecule has 0 radical (unpaired) electrons. The highest BCUT2D eigenvalue weighted by Gasteiger charge is 2.25. The minimum atomic E-state index is -0.372. The maximum Gasteiger partial charge on any atom is 0.289 e. The maximum absolute atomic E-state index is 13.3. The molecule has 2 aromatic heterocycles. The molecule has 4 aromatic rings. The minimum Gasteiger partial charge on any atom is -0.454 e. The predicted octanol–water partition coefficient (Wildman–Crippen LogP) is 5.94. The van der Waals surface area contributed by atoms with Crippen LogP contribution in [0.15, 0.2) is 83.4 Å². The molecular formula is C31H32ClFN4O3. The number of piperazine rings is 1. The zero-order valence-corrected chi connectivity index (χ0v) is 23.2. The molecule has 5 rings (SSSR count). The van der Waals surface area contributed by atoms with Crippen LogP contribution >= 0.6 is 11.6 Å². The molecule has 0 saturated carbocycles. The molecule has 0 N–H and O–H groups in total. The molecule has 0 spiro atoms. The number of rotatable bonds is 9. The van der Waals surface area contributed by atoms with Crippen LogP contribution in [-0.4, -0.2) is 58.9 Å². The molecule has 1 saturated heterocycles. The van der Waals surface area contributed by atoms with Crippen molar-refractivity contribution in [1.29, 1.82) is 0 Å². The lowest BCUT2D eigenvalue weighted by molar-refractivity contribution is 0.0710. The molecule has 40 heavy (non-hydrogen) atoms. The van der Waals surface area contributed by atoms with Crippen molar-refractivity contribution in [2.75, 3.05) is 37.6 Å². The second-order valence-electron chi connectivity index (χ2n) is 9.86. The Bertz CT molecular complexity index is 1460. The second kappa shape index (κ2) is 12.4. The van der Waals surface area contributed by atoms with Gasteiger partial charge >= 0.3 is 0 Å². The smallest absolute Gasteiger partial charge is 0.289 e. The fourth-order valence-electron chi connectivity index (χ4n) is 5.00. The molecule has 0 bridgehead atoms. The van der Waals surface area contributed by atoms with Crippen molar-refractivity contribution in [2.24, 2.45) is 0 Å². The average Bonchev–Trinajstić information content (AvgIpc) is 3.62. The van der Waals surface area contributed by atoms with E-state index in [0.717, 1.165) is 17.8 Å². The van der Waals surface area contributed by atoms with E-state index in [9.17, 15) is 14.0 Å². The summed E-state index contributed by atoms with van der Waals surface area (Å²) < 4.78 is 21.3. The lowest BCUT2D eigenvalue weighted by atomic mass is 10.2. The molecule has 9 heteroatoms. The fourth-order valence-corrected chi connectivity index (χ4v) is 5.26. The Morgan fingerprint density at radius 3 is 2.42 bits per heavy atom. The van der Waals surface area contributed by atoms with E-state index in [1.807, 2.05) is 60.2 Å². The van der Waals surface area contributed by atoms with Crippen LogP contribution in [0.4, 0.5) is 10.1 Å². The van der Waals surface area contributed by atoms with Gasteiger partial charge in [-0.3, -0.25) is 9.59 Å². The van der Waals surface area contributed by atoms with Crippen LogP contribution in [0.3, 0.4) is 0 Å². The van der Waals surface area contributed by atoms with Crippen molar-refractivity contribution in [3.8, 4) is 0 Å². The van der Waals surface area contributed by atoms with Crippen LogP contribution in [0.1, 0.15) is 45.7 Å². The highest BCUT2D eigenvalue weighted by atomic mass is 35.5. The zero-order chi connectivity index (χ0) is 28.1. The number of halogens is 2. The van der Waals surface area contributed by atoms with E-state index in [2.05, 4.69) is 4.90 Å². The number of anilines is 1. The van der Waals surface area contributed by atoms with Gasteiger partial charge in [0, 0.05) is 50.2 Å². The Morgan fingerprint density at radius 2 is 1.70 bits per heavy atom. The first-order chi connectivity index (χ1) is 19.4. The van der Waals surface area contributed by atoms with Gasteiger partial charge in [-0.05, 0) is 67.1 Å². The molecule has 1 aliphatic rings. The summed E-state index contributed by atoms with van der Waals surface area (Å²) in [7, 11) is 0. The van der Waals surface area contributed by atoms with Crippen LogP contribution in [0.25, 0.3) is 0 Å². The molecule has 7 nitrogen and oxygen atoms in total. The third-order valence-electron chi connectivity index (χ3n) is 7.11. The third kappa shape index (κ3) is 6.23. The van der Waals surface area contributed by atoms with Gasteiger partial charge in [0.1, 0.15) is 11.6 Å². The van der Waals surface area contributed by atoms with Crippen LogP contribution in [0.2, 0.25) is 5.02 Å². The summed E-state index contributed by atoms with van der Waals surface area (Å²) in [5, 5.41) is 0.708. The molecule has 3 heterocycles. The maximum atomic E-state index is 13.3. The predicted molar refractivity (Wildman–Crippen MR) is 153 cm³/mol. The fraction of sp³-hybridized carbons (Fsp3) is 0.290. The van der Waals surface area contributed by atoms with Gasteiger partial charge in [-0.2, -0.15) is 0 Å². The summed E-state index contributed by atoms with van der Waals surface area (Å²) in [5.74, 6) is 0.325. The average molecular weight is 563 g/mol. The number of hydrogen-bond acceptors (Lipinski definition) is 4. The van der Waals surface area contributed by atoms with Crippen molar-refractivity contribution in [2.45, 2.75) is 26.4 Å². The van der Waals surface area contributed by atoms with Crippen molar-refractivity contribution < 1.29 is 18.4 Å². The number of amides is 2. The highest BCUT2D eigenvalue weighted by Crippen LogP contribution is 2.26. The summed E-state index contributed by atoms with van der Waals surface area (Å²) in [6.45, 7) is 5.97. The van der Waals surface area contributed by atoms with Gasteiger partial charge in [0.05, 0.1) is 23.8 Å². The van der Waals surface area contributed by atoms with Gasteiger partial charge in [0.25, 0.3) is 11.8 Å². The minimum absolute atomic E-state index is 0.128. The van der Waals surface area contributed by atoms with Gasteiger partial charge in [0.2, 0.25) is 0 Å². The molecule has 2 amide bonds. The van der Waals surface area contributed by atoms with E-state index in [1.54, 1.807) is 15.9 Å². The van der Waals surface area contributed by atoms with E-state index < -0.39 is 0 Å². The Morgan fingerprint density at radius 1 is 0.950 bits per heavy atom. The topological polar surface area (TPSA) is 61.9 Å². The van der Waals surface area contributed by atoms with Gasteiger partial charge in [-0.25, -0.2) is 4.39 Å². The quantitative estimate of drug-likeness (QED) is 0.253. The van der Waals surface area contributed by atoms with Crippen LogP contribution in [0.5, 0.6) is 0 Å². The summed E-state index contributed by atoms with van der Waals surface area (Å²) >= 11 is 6.35. The first kappa shape index (κ1) is 27.5. The number of furan rings is 1. The molecule has 1 aliphatic heterocycles. The van der Waals surface area contributed by atoms with Crippen LogP contribution < -0.4 is 4.90 Å². The number of hydrogen-bond donors (Lipinski definition) is 0. The Balaban J connectivity index is 1.21. The van der Waals surface area contributed by atoms with Gasteiger partial charge in [-0.1, -0.05) is 30.7 Å². The number of nitrogens with zero attached hydrogens (tertiary/aromatic N) is 4. The van der Waals surface area contributed by atoms with Crippen molar-refractivity contribution >= 4 is 29.1 Å². The number of aromatic nitrogens is 1. The van der Waals surface area contributed by atoms with Gasteiger partial charge in [-0.15, -0.1) is 0 Å². The first-order valence-electron chi connectivity index (χ1n) is 13.5. The standard InChI is InChI=1S/C31H32ClFN4O3/c1-2-15-37(30(38)23-9-11-24(33)12-10-23)21-25-6-5-16-36(25)22-26-13-14-29(40-26)31(39)35-19-17-34(18-20-35)28-8-4-3-7-27(28)32/h3-14,16H,2,15,17-22H2,1H3. The molecule has 0 unspecified atom stereocenters. The summed E-state index contributed by atoms with van der Waals surface area (Å²) in [4.78, 5) is 32.0. The SMILES string of the molecule is CCCN(Cc1cccn1Cc1ccc(C(=O)N2CCN(c3ccccc3Cl)CC2)o1)C(=O)c1ccc(F)cc1. The van der Waals surface area contributed by atoms with Crippen molar-refractivity contribution in [3.63, 3.8) is 0 Å². The summed E-state index contributed by atoms with van der Waals surface area (Å²) in [5.41, 5.74) is 2.37. The van der Waals surface area contributed by atoms with E-state index in [-0.39, 0.29) is 17.6 Å².